The van der Waals surface area contributed by atoms with Crippen LogP contribution in [0.4, 0.5) is 5.69 Å². The largest absolute Gasteiger partial charge is 0.371 e. The van der Waals surface area contributed by atoms with E-state index >= 15 is 0 Å². The van der Waals surface area contributed by atoms with Crippen LogP contribution in [0.25, 0.3) is 0 Å². The van der Waals surface area contributed by atoms with Gasteiger partial charge < -0.3 is 10.2 Å². The maximum Gasteiger partial charge on any atom is 0.0366 e. The fourth-order valence-electron chi connectivity index (χ4n) is 2.79. The summed E-state index contributed by atoms with van der Waals surface area (Å²) in [6, 6.07) is 9.88. The molecule has 1 aliphatic rings. The number of anilines is 1. The predicted octanol–water partition coefficient (Wildman–Crippen LogP) is 3.22. The second-order valence-corrected chi connectivity index (χ2v) is 5.24. The van der Waals surface area contributed by atoms with Gasteiger partial charge in [0.05, 0.1) is 0 Å². The van der Waals surface area contributed by atoms with E-state index in [4.69, 9.17) is 0 Å². The van der Waals surface area contributed by atoms with Crippen LogP contribution in [0, 0.1) is 0 Å². The molecule has 1 aromatic carbocycles. The van der Waals surface area contributed by atoms with Crippen molar-refractivity contribution in [1.82, 2.24) is 5.32 Å². The third-order valence-electron chi connectivity index (χ3n) is 3.83. The summed E-state index contributed by atoms with van der Waals surface area (Å²) in [6.45, 7) is 7.89. The van der Waals surface area contributed by atoms with Gasteiger partial charge in [0.15, 0.2) is 0 Å². The van der Waals surface area contributed by atoms with Gasteiger partial charge in [0.25, 0.3) is 0 Å². The first-order chi connectivity index (χ1) is 8.83. The van der Waals surface area contributed by atoms with E-state index in [9.17, 15) is 0 Å². The van der Waals surface area contributed by atoms with Crippen LogP contribution in [0.2, 0.25) is 0 Å². The smallest absolute Gasteiger partial charge is 0.0366 e. The number of hydrogen-bond donors (Lipinski definition) is 1. The van der Waals surface area contributed by atoms with Gasteiger partial charge in [0, 0.05) is 24.8 Å². The summed E-state index contributed by atoms with van der Waals surface area (Å²) in [5, 5.41) is 3.56. The van der Waals surface area contributed by atoms with Crippen molar-refractivity contribution in [3.63, 3.8) is 0 Å². The first-order valence-corrected chi connectivity index (χ1v) is 7.40. The Morgan fingerprint density at radius 3 is 2.33 bits per heavy atom. The monoisotopic (exact) mass is 246 g/mol. The van der Waals surface area contributed by atoms with Gasteiger partial charge in [-0.1, -0.05) is 32.4 Å². The maximum absolute atomic E-state index is 3.56. The molecule has 0 unspecified atom stereocenters. The molecule has 0 bridgehead atoms. The van der Waals surface area contributed by atoms with Gasteiger partial charge in [-0.3, -0.25) is 0 Å². The van der Waals surface area contributed by atoms with Crippen LogP contribution in [-0.2, 0) is 6.42 Å². The molecule has 0 amide bonds. The fraction of sp³-hybridized carbons (Fsp3) is 0.625. The van der Waals surface area contributed by atoms with Crippen molar-refractivity contribution in [3.8, 4) is 0 Å². The van der Waals surface area contributed by atoms with E-state index < -0.39 is 0 Å². The molecule has 0 aliphatic carbocycles. The number of hydrogen-bond acceptors (Lipinski definition) is 2. The summed E-state index contributed by atoms with van der Waals surface area (Å²) < 4.78 is 0. The van der Waals surface area contributed by atoms with Crippen molar-refractivity contribution in [3.05, 3.63) is 29.8 Å². The highest BCUT2D eigenvalue weighted by Crippen LogP contribution is 2.20. The molecule has 18 heavy (non-hydrogen) atoms. The lowest BCUT2D eigenvalue weighted by Crippen LogP contribution is -2.42. The third-order valence-corrected chi connectivity index (χ3v) is 3.83. The summed E-state index contributed by atoms with van der Waals surface area (Å²) in [7, 11) is 0. The van der Waals surface area contributed by atoms with E-state index in [1.54, 1.807) is 0 Å². The zero-order chi connectivity index (χ0) is 12.8. The summed E-state index contributed by atoms with van der Waals surface area (Å²) in [5.41, 5.74) is 2.86. The molecular weight excluding hydrogens is 220 g/mol. The zero-order valence-electron chi connectivity index (χ0n) is 11.8. The quantitative estimate of drug-likeness (QED) is 0.858. The number of nitrogens with zero attached hydrogens (tertiary/aromatic N) is 1. The van der Waals surface area contributed by atoms with Crippen LogP contribution < -0.4 is 10.2 Å². The lowest BCUT2D eigenvalue weighted by molar-refractivity contribution is 0.424. The normalized spacial score (nSPS) is 17.1. The molecule has 0 atom stereocenters. The first-order valence-electron chi connectivity index (χ1n) is 7.40. The van der Waals surface area contributed by atoms with Gasteiger partial charge in [-0.25, -0.2) is 0 Å². The van der Waals surface area contributed by atoms with Gasteiger partial charge in [0.1, 0.15) is 0 Å². The summed E-state index contributed by atoms with van der Waals surface area (Å²) in [6.07, 6.45) is 4.96. The summed E-state index contributed by atoms with van der Waals surface area (Å²) in [5.74, 6) is 0. The van der Waals surface area contributed by atoms with Crippen LogP contribution in [0.5, 0.6) is 0 Å². The molecule has 1 heterocycles. The van der Waals surface area contributed by atoms with Crippen molar-refractivity contribution in [2.24, 2.45) is 0 Å². The molecule has 1 saturated heterocycles. The Labute approximate surface area is 111 Å². The second-order valence-electron chi connectivity index (χ2n) is 5.24. The fourth-order valence-corrected chi connectivity index (χ4v) is 2.79. The highest BCUT2D eigenvalue weighted by Gasteiger charge is 2.18. The SMILES string of the molecule is CCCc1ccc(N2CCC(NCC)CC2)cc1. The average molecular weight is 246 g/mol. The van der Waals surface area contributed by atoms with Crippen molar-refractivity contribution in [1.29, 1.82) is 0 Å². The highest BCUT2D eigenvalue weighted by molar-refractivity contribution is 5.48. The van der Waals surface area contributed by atoms with Gasteiger partial charge in [-0.15, -0.1) is 0 Å². The first kappa shape index (κ1) is 13.4. The zero-order valence-corrected chi connectivity index (χ0v) is 11.8. The molecule has 1 aliphatic heterocycles. The minimum absolute atomic E-state index is 0.727. The van der Waals surface area contributed by atoms with Crippen LogP contribution in [0.3, 0.4) is 0 Å². The standard InChI is InChI=1S/C16H26N2/c1-3-5-14-6-8-16(9-7-14)18-12-10-15(11-13-18)17-4-2/h6-9,15,17H,3-5,10-13H2,1-2H3. The molecule has 1 aromatic rings. The predicted molar refractivity (Wildman–Crippen MR) is 79.3 cm³/mol. The van der Waals surface area contributed by atoms with E-state index in [1.165, 1.54) is 50.0 Å². The molecule has 100 valence electrons. The molecule has 1 fully saturated rings. The molecule has 0 radical (unpaired) electrons. The molecule has 0 aromatic heterocycles. The minimum atomic E-state index is 0.727. The lowest BCUT2D eigenvalue weighted by Gasteiger charge is -2.34. The number of aryl methyl sites for hydroxylation is 1. The van der Waals surface area contributed by atoms with Crippen molar-refractivity contribution in [2.75, 3.05) is 24.5 Å². The Morgan fingerprint density at radius 2 is 1.78 bits per heavy atom. The molecule has 2 nitrogen and oxygen atoms in total. The van der Waals surface area contributed by atoms with E-state index in [-0.39, 0.29) is 0 Å². The second kappa shape index (κ2) is 6.79. The lowest BCUT2D eigenvalue weighted by atomic mass is 10.0. The van der Waals surface area contributed by atoms with Gasteiger partial charge in [-0.05, 0) is 43.5 Å². The molecule has 0 saturated carbocycles. The van der Waals surface area contributed by atoms with Crippen molar-refractivity contribution >= 4 is 5.69 Å². The Kier molecular flexibility index (Phi) is 5.06. The molecule has 0 spiro atoms. The number of rotatable bonds is 5. The molecule has 1 N–H and O–H groups in total. The van der Waals surface area contributed by atoms with Crippen LogP contribution in [0.15, 0.2) is 24.3 Å². The van der Waals surface area contributed by atoms with Gasteiger partial charge in [0.2, 0.25) is 0 Å². The maximum atomic E-state index is 3.56. The minimum Gasteiger partial charge on any atom is -0.371 e. The third kappa shape index (κ3) is 3.49. The highest BCUT2D eigenvalue weighted by atomic mass is 15.1. The van der Waals surface area contributed by atoms with Crippen LogP contribution >= 0.6 is 0 Å². The number of benzene rings is 1. The average Bonchev–Trinajstić information content (AvgIpc) is 2.41. The van der Waals surface area contributed by atoms with Crippen molar-refractivity contribution in [2.45, 2.75) is 45.6 Å². The van der Waals surface area contributed by atoms with E-state index in [0.29, 0.717) is 0 Å². The molecule has 2 rings (SSSR count). The molecular formula is C16H26N2. The molecule has 2 heteroatoms. The van der Waals surface area contributed by atoms with Crippen molar-refractivity contribution < 1.29 is 0 Å². The Bertz CT molecular complexity index is 337. The van der Waals surface area contributed by atoms with E-state index in [0.717, 1.165) is 12.6 Å². The van der Waals surface area contributed by atoms with Gasteiger partial charge >= 0.3 is 0 Å². The number of piperidine rings is 1. The van der Waals surface area contributed by atoms with Crippen LogP contribution in [-0.4, -0.2) is 25.7 Å². The van der Waals surface area contributed by atoms with E-state index in [1.807, 2.05) is 0 Å². The number of nitrogens with one attached hydrogen (secondary N) is 1. The van der Waals surface area contributed by atoms with E-state index in [2.05, 4.69) is 48.3 Å². The topological polar surface area (TPSA) is 15.3 Å². The summed E-state index contributed by atoms with van der Waals surface area (Å²) in [4.78, 5) is 2.52. The summed E-state index contributed by atoms with van der Waals surface area (Å²) >= 11 is 0. The van der Waals surface area contributed by atoms with Crippen LogP contribution in [0.1, 0.15) is 38.7 Å². The Morgan fingerprint density at radius 1 is 1.11 bits per heavy atom. The Balaban J connectivity index is 1.89. The Hall–Kier alpha value is -1.02. The van der Waals surface area contributed by atoms with Gasteiger partial charge in [-0.2, -0.15) is 0 Å².